The molecule has 1 aliphatic rings. The highest BCUT2D eigenvalue weighted by Gasteiger charge is 2.26. The zero-order chi connectivity index (χ0) is 18.5. The van der Waals surface area contributed by atoms with Crippen molar-refractivity contribution in [2.45, 2.75) is 12.5 Å². The molecule has 0 aliphatic carbocycles. The second-order valence-electron chi connectivity index (χ2n) is 6.76. The highest BCUT2D eigenvalue weighted by Crippen LogP contribution is 2.22. The first kappa shape index (κ1) is 18.5. The molecule has 6 heteroatoms. The Kier molecular flexibility index (Phi) is 5.96. The van der Waals surface area contributed by atoms with Gasteiger partial charge in [-0.2, -0.15) is 0 Å². The van der Waals surface area contributed by atoms with Crippen LogP contribution in [0.2, 0.25) is 0 Å². The Morgan fingerprint density at radius 1 is 1.27 bits per heavy atom. The molecule has 2 heterocycles. The summed E-state index contributed by atoms with van der Waals surface area (Å²) in [5, 5.41) is 0. The molecule has 1 fully saturated rings. The van der Waals surface area contributed by atoms with Crippen LogP contribution in [-0.4, -0.2) is 61.0 Å². The van der Waals surface area contributed by atoms with Gasteiger partial charge in [0.1, 0.15) is 11.9 Å². The number of nitrogens with zero attached hydrogens (tertiary/aromatic N) is 3. The molecular formula is C20H24FN3O2. The summed E-state index contributed by atoms with van der Waals surface area (Å²) in [7, 11) is 3.76. The average Bonchev–Trinajstić information content (AvgIpc) is 2.63. The Labute approximate surface area is 153 Å². The largest absolute Gasteiger partial charge is 0.368 e. The molecule has 138 valence electrons. The van der Waals surface area contributed by atoms with E-state index in [9.17, 15) is 9.18 Å². The number of aromatic nitrogens is 1. The average molecular weight is 357 g/mol. The van der Waals surface area contributed by atoms with Crippen molar-refractivity contribution in [3.05, 3.63) is 65.2 Å². The number of likely N-dealkylation sites (N-methyl/N-ethyl adjacent to an activating group) is 1. The van der Waals surface area contributed by atoms with Crippen LogP contribution in [0.5, 0.6) is 0 Å². The lowest BCUT2D eigenvalue weighted by atomic mass is 10.1. The molecule has 1 aromatic carbocycles. The molecule has 1 aliphatic heterocycles. The molecule has 1 amide bonds. The normalized spacial score (nSPS) is 17.5. The maximum absolute atomic E-state index is 13.9. The molecule has 1 saturated heterocycles. The SMILES string of the molecule is CN(C)CC(=O)N1CCO[C@@H](c2cccc(Cc3ccccc3F)n2)C1. The van der Waals surface area contributed by atoms with Gasteiger partial charge in [-0.3, -0.25) is 9.78 Å². The lowest BCUT2D eigenvalue weighted by molar-refractivity contribution is -0.139. The van der Waals surface area contributed by atoms with Crippen molar-refractivity contribution < 1.29 is 13.9 Å². The van der Waals surface area contributed by atoms with E-state index in [0.717, 1.165) is 11.4 Å². The Balaban J connectivity index is 1.71. The van der Waals surface area contributed by atoms with Crippen molar-refractivity contribution in [2.24, 2.45) is 0 Å². The van der Waals surface area contributed by atoms with Crippen molar-refractivity contribution in [1.82, 2.24) is 14.8 Å². The molecular weight excluding hydrogens is 333 g/mol. The van der Waals surface area contributed by atoms with E-state index in [0.29, 0.717) is 38.2 Å². The lowest BCUT2D eigenvalue weighted by Gasteiger charge is -2.33. The maximum atomic E-state index is 13.9. The van der Waals surface area contributed by atoms with E-state index in [4.69, 9.17) is 4.74 Å². The van der Waals surface area contributed by atoms with E-state index in [2.05, 4.69) is 4.98 Å². The second-order valence-corrected chi connectivity index (χ2v) is 6.76. The first-order valence-electron chi connectivity index (χ1n) is 8.76. The molecule has 0 N–H and O–H groups in total. The third-order valence-corrected chi connectivity index (χ3v) is 4.36. The Morgan fingerprint density at radius 2 is 2.08 bits per heavy atom. The van der Waals surface area contributed by atoms with Gasteiger partial charge in [-0.05, 0) is 37.9 Å². The van der Waals surface area contributed by atoms with E-state index in [1.54, 1.807) is 12.1 Å². The molecule has 3 rings (SSSR count). The number of pyridine rings is 1. The fourth-order valence-electron chi connectivity index (χ4n) is 3.04. The summed E-state index contributed by atoms with van der Waals surface area (Å²) in [5.74, 6) is -0.139. The number of hydrogen-bond acceptors (Lipinski definition) is 4. The summed E-state index contributed by atoms with van der Waals surface area (Å²) in [6.07, 6.45) is 0.173. The maximum Gasteiger partial charge on any atom is 0.236 e. The van der Waals surface area contributed by atoms with Crippen molar-refractivity contribution in [3.8, 4) is 0 Å². The summed E-state index contributed by atoms with van der Waals surface area (Å²) < 4.78 is 19.7. The van der Waals surface area contributed by atoms with Gasteiger partial charge >= 0.3 is 0 Å². The van der Waals surface area contributed by atoms with Crippen LogP contribution in [0.3, 0.4) is 0 Å². The molecule has 1 aromatic heterocycles. The number of carbonyl (C=O) groups excluding carboxylic acids is 1. The van der Waals surface area contributed by atoms with Crippen LogP contribution in [0.4, 0.5) is 4.39 Å². The highest BCUT2D eigenvalue weighted by atomic mass is 19.1. The number of carbonyl (C=O) groups is 1. The Morgan fingerprint density at radius 3 is 2.85 bits per heavy atom. The topological polar surface area (TPSA) is 45.7 Å². The molecule has 26 heavy (non-hydrogen) atoms. The van der Waals surface area contributed by atoms with Crippen LogP contribution >= 0.6 is 0 Å². The van der Waals surface area contributed by atoms with E-state index >= 15 is 0 Å². The first-order valence-corrected chi connectivity index (χ1v) is 8.76. The molecule has 0 unspecified atom stereocenters. The zero-order valence-corrected chi connectivity index (χ0v) is 15.2. The Hall–Kier alpha value is -2.31. The van der Waals surface area contributed by atoms with Gasteiger partial charge < -0.3 is 14.5 Å². The minimum atomic E-state index is -0.254. The third-order valence-electron chi connectivity index (χ3n) is 4.36. The van der Waals surface area contributed by atoms with Gasteiger partial charge in [-0.25, -0.2) is 4.39 Å². The van der Waals surface area contributed by atoms with Gasteiger partial charge in [0.15, 0.2) is 0 Å². The molecule has 1 atom stereocenters. The second kappa shape index (κ2) is 8.38. The monoisotopic (exact) mass is 357 g/mol. The van der Waals surface area contributed by atoms with Crippen LogP contribution in [0.25, 0.3) is 0 Å². The summed E-state index contributed by atoms with van der Waals surface area (Å²) in [4.78, 5) is 20.6. The predicted molar refractivity (Wildman–Crippen MR) is 97.3 cm³/mol. The van der Waals surface area contributed by atoms with E-state index in [1.807, 2.05) is 48.2 Å². The first-order chi connectivity index (χ1) is 12.5. The van der Waals surface area contributed by atoms with Crippen LogP contribution in [0, 0.1) is 5.82 Å². The quantitative estimate of drug-likeness (QED) is 0.824. The summed E-state index contributed by atoms with van der Waals surface area (Å²) in [5.41, 5.74) is 2.18. The molecule has 0 spiro atoms. The third kappa shape index (κ3) is 4.65. The summed E-state index contributed by atoms with van der Waals surface area (Å²) >= 11 is 0. The van der Waals surface area contributed by atoms with Crippen LogP contribution < -0.4 is 0 Å². The van der Waals surface area contributed by atoms with Gasteiger partial charge in [0, 0.05) is 18.7 Å². The number of morpholine rings is 1. The lowest BCUT2D eigenvalue weighted by Crippen LogP contribution is -2.45. The smallest absolute Gasteiger partial charge is 0.236 e. The van der Waals surface area contributed by atoms with Crippen LogP contribution in [-0.2, 0) is 16.0 Å². The van der Waals surface area contributed by atoms with Gasteiger partial charge in [0.2, 0.25) is 5.91 Å². The molecule has 0 saturated carbocycles. The van der Waals surface area contributed by atoms with Crippen molar-refractivity contribution in [1.29, 1.82) is 0 Å². The number of amides is 1. The number of benzene rings is 1. The molecule has 5 nitrogen and oxygen atoms in total. The predicted octanol–water partition coefficient (Wildman–Crippen LogP) is 2.27. The number of halogens is 1. The van der Waals surface area contributed by atoms with Crippen molar-refractivity contribution >= 4 is 5.91 Å². The van der Waals surface area contributed by atoms with Crippen LogP contribution in [0.15, 0.2) is 42.5 Å². The van der Waals surface area contributed by atoms with E-state index in [-0.39, 0.29) is 17.8 Å². The zero-order valence-electron chi connectivity index (χ0n) is 15.2. The van der Waals surface area contributed by atoms with Gasteiger partial charge in [-0.15, -0.1) is 0 Å². The fourth-order valence-corrected chi connectivity index (χ4v) is 3.04. The molecule has 0 bridgehead atoms. The van der Waals surface area contributed by atoms with Gasteiger partial charge in [0.05, 0.1) is 25.4 Å². The number of hydrogen-bond donors (Lipinski definition) is 0. The number of ether oxygens (including phenoxy) is 1. The highest BCUT2D eigenvalue weighted by molar-refractivity contribution is 5.78. The number of rotatable bonds is 5. The van der Waals surface area contributed by atoms with Crippen molar-refractivity contribution in [3.63, 3.8) is 0 Å². The summed E-state index contributed by atoms with van der Waals surface area (Å²) in [6.45, 7) is 1.96. The standard InChI is InChI=1S/C20H24FN3O2/c1-23(2)14-20(25)24-10-11-26-19(13-24)18-9-5-7-16(22-18)12-15-6-3-4-8-17(15)21/h3-9,19H,10-14H2,1-2H3/t19-/m1/s1. The summed E-state index contributed by atoms with van der Waals surface area (Å²) in [6, 6.07) is 12.4. The minimum absolute atomic E-state index is 0.0887. The fraction of sp³-hybridized carbons (Fsp3) is 0.400. The van der Waals surface area contributed by atoms with Gasteiger partial charge in [-0.1, -0.05) is 24.3 Å². The van der Waals surface area contributed by atoms with Crippen LogP contribution in [0.1, 0.15) is 23.1 Å². The minimum Gasteiger partial charge on any atom is -0.368 e. The molecule has 0 radical (unpaired) electrons. The van der Waals surface area contributed by atoms with E-state index in [1.165, 1.54) is 6.07 Å². The van der Waals surface area contributed by atoms with E-state index < -0.39 is 0 Å². The van der Waals surface area contributed by atoms with Gasteiger partial charge in [0.25, 0.3) is 0 Å². The molecule has 2 aromatic rings. The Bertz CT molecular complexity index is 766. The van der Waals surface area contributed by atoms with Crippen molar-refractivity contribution in [2.75, 3.05) is 40.3 Å².